The van der Waals surface area contributed by atoms with Gasteiger partial charge in [-0.3, -0.25) is 9.59 Å². The van der Waals surface area contributed by atoms with Crippen LogP contribution >= 0.6 is 0 Å². The SMILES string of the molecule is CN1CC(=O)N(Cc2cccc(N)c2F)CC1=O. The van der Waals surface area contributed by atoms with Crippen LogP contribution in [0.5, 0.6) is 0 Å². The molecule has 0 atom stereocenters. The number of benzene rings is 1. The highest BCUT2D eigenvalue weighted by Gasteiger charge is 2.27. The Kier molecular flexibility index (Phi) is 3.18. The molecule has 2 rings (SSSR count). The van der Waals surface area contributed by atoms with Gasteiger partial charge in [-0.25, -0.2) is 4.39 Å². The van der Waals surface area contributed by atoms with E-state index in [2.05, 4.69) is 0 Å². The molecule has 2 amide bonds. The second-order valence-corrected chi connectivity index (χ2v) is 4.32. The first-order valence-electron chi connectivity index (χ1n) is 5.53. The molecular formula is C12H14FN3O2. The molecule has 96 valence electrons. The van der Waals surface area contributed by atoms with Crippen LogP contribution in [0.4, 0.5) is 10.1 Å². The molecule has 1 aliphatic heterocycles. The van der Waals surface area contributed by atoms with E-state index in [0.29, 0.717) is 5.56 Å². The maximum atomic E-state index is 13.7. The molecule has 5 nitrogen and oxygen atoms in total. The third-order valence-electron chi connectivity index (χ3n) is 2.95. The van der Waals surface area contributed by atoms with Gasteiger partial charge in [-0.1, -0.05) is 12.1 Å². The minimum absolute atomic E-state index is 0.0242. The Bertz CT molecular complexity index is 504. The van der Waals surface area contributed by atoms with Crippen molar-refractivity contribution in [2.24, 2.45) is 0 Å². The average molecular weight is 251 g/mol. The van der Waals surface area contributed by atoms with Crippen LogP contribution in [-0.4, -0.2) is 41.8 Å². The number of amides is 2. The van der Waals surface area contributed by atoms with E-state index >= 15 is 0 Å². The maximum Gasteiger partial charge on any atom is 0.242 e. The van der Waals surface area contributed by atoms with Crippen LogP contribution in [-0.2, 0) is 16.1 Å². The third kappa shape index (κ3) is 2.27. The number of rotatable bonds is 2. The first-order valence-corrected chi connectivity index (χ1v) is 5.53. The fraction of sp³-hybridized carbons (Fsp3) is 0.333. The molecule has 1 saturated heterocycles. The zero-order chi connectivity index (χ0) is 13.3. The molecule has 1 aromatic rings. The van der Waals surface area contributed by atoms with E-state index in [1.54, 1.807) is 19.2 Å². The normalized spacial score (nSPS) is 16.3. The summed E-state index contributed by atoms with van der Waals surface area (Å²) >= 11 is 0. The van der Waals surface area contributed by atoms with Crippen LogP contribution < -0.4 is 5.73 Å². The van der Waals surface area contributed by atoms with Gasteiger partial charge in [-0.15, -0.1) is 0 Å². The summed E-state index contributed by atoms with van der Waals surface area (Å²) < 4.78 is 13.7. The quantitative estimate of drug-likeness (QED) is 0.764. The molecule has 1 aliphatic rings. The highest BCUT2D eigenvalue weighted by molar-refractivity contribution is 5.92. The molecule has 18 heavy (non-hydrogen) atoms. The number of hydrogen-bond acceptors (Lipinski definition) is 3. The van der Waals surface area contributed by atoms with Gasteiger partial charge in [0.2, 0.25) is 11.8 Å². The summed E-state index contributed by atoms with van der Waals surface area (Å²) in [7, 11) is 1.57. The number of nitrogen functional groups attached to an aromatic ring is 1. The maximum absolute atomic E-state index is 13.7. The van der Waals surface area contributed by atoms with E-state index in [-0.39, 0.29) is 37.1 Å². The van der Waals surface area contributed by atoms with Crippen LogP contribution in [0.15, 0.2) is 18.2 Å². The molecule has 1 aromatic carbocycles. The van der Waals surface area contributed by atoms with Crippen molar-refractivity contribution in [3.8, 4) is 0 Å². The van der Waals surface area contributed by atoms with Gasteiger partial charge in [0.1, 0.15) is 6.54 Å². The first-order chi connectivity index (χ1) is 8.49. The van der Waals surface area contributed by atoms with E-state index in [0.717, 1.165) is 0 Å². The second kappa shape index (κ2) is 4.64. The number of likely N-dealkylation sites (N-methyl/N-ethyl adjacent to an activating group) is 1. The van der Waals surface area contributed by atoms with Gasteiger partial charge in [0, 0.05) is 19.2 Å². The summed E-state index contributed by atoms with van der Waals surface area (Å²) in [6, 6.07) is 4.63. The van der Waals surface area contributed by atoms with E-state index in [9.17, 15) is 14.0 Å². The number of halogens is 1. The monoisotopic (exact) mass is 251 g/mol. The predicted octanol–water partition coefficient (Wildman–Crippen LogP) is 0.208. The fourth-order valence-electron chi connectivity index (χ4n) is 1.83. The molecule has 0 aliphatic carbocycles. The first kappa shape index (κ1) is 12.3. The van der Waals surface area contributed by atoms with Crippen molar-refractivity contribution in [2.45, 2.75) is 6.54 Å². The summed E-state index contributed by atoms with van der Waals surface area (Å²) in [6.07, 6.45) is 0. The summed E-state index contributed by atoms with van der Waals surface area (Å²) in [4.78, 5) is 25.9. The van der Waals surface area contributed by atoms with Gasteiger partial charge in [-0.2, -0.15) is 0 Å². The number of nitrogens with two attached hydrogens (primary N) is 1. The molecule has 0 unspecified atom stereocenters. The van der Waals surface area contributed by atoms with Crippen LogP contribution in [0.2, 0.25) is 0 Å². The molecule has 2 N–H and O–H groups in total. The second-order valence-electron chi connectivity index (χ2n) is 4.32. The number of piperazine rings is 1. The lowest BCUT2D eigenvalue weighted by Gasteiger charge is -2.31. The molecule has 1 heterocycles. The minimum Gasteiger partial charge on any atom is -0.396 e. The highest BCUT2D eigenvalue weighted by atomic mass is 19.1. The van der Waals surface area contributed by atoms with E-state index in [1.165, 1.54) is 15.9 Å². The molecule has 0 bridgehead atoms. The van der Waals surface area contributed by atoms with E-state index < -0.39 is 5.82 Å². The predicted molar refractivity (Wildman–Crippen MR) is 63.9 cm³/mol. The Morgan fingerprint density at radius 2 is 2.00 bits per heavy atom. The Morgan fingerprint density at radius 3 is 2.72 bits per heavy atom. The van der Waals surface area contributed by atoms with Crippen LogP contribution in [0.25, 0.3) is 0 Å². The molecule has 6 heteroatoms. The van der Waals surface area contributed by atoms with Crippen molar-refractivity contribution >= 4 is 17.5 Å². The lowest BCUT2D eigenvalue weighted by molar-refractivity contribution is -0.149. The van der Waals surface area contributed by atoms with Crippen molar-refractivity contribution in [2.75, 3.05) is 25.9 Å². The van der Waals surface area contributed by atoms with Crippen LogP contribution in [0.3, 0.4) is 0 Å². The van der Waals surface area contributed by atoms with Crippen molar-refractivity contribution in [1.29, 1.82) is 0 Å². The number of carbonyl (C=O) groups is 2. The number of nitrogens with zero attached hydrogens (tertiary/aromatic N) is 2. The van der Waals surface area contributed by atoms with Crippen molar-refractivity contribution in [3.05, 3.63) is 29.6 Å². The molecule has 0 aromatic heterocycles. The van der Waals surface area contributed by atoms with Gasteiger partial charge in [0.15, 0.2) is 5.82 Å². The lowest BCUT2D eigenvalue weighted by Crippen LogP contribution is -2.51. The lowest BCUT2D eigenvalue weighted by atomic mass is 10.1. The average Bonchev–Trinajstić information content (AvgIpc) is 2.32. The Morgan fingerprint density at radius 1 is 1.28 bits per heavy atom. The molecular weight excluding hydrogens is 237 g/mol. The summed E-state index contributed by atoms with van der Waals surface area (Å²) in [5, 5.41) is 0. The van der Waals surface area contributed by atoms with Crippen molar-refractivity contribution in [1.82, 2.24) is 9.80 Å². The van der Waals surface area contributed by atoms with Gasteiger partial charge in [-0.05, 0) is 6.07 Å². The molecule has 0 spiro atoms. The molecule has 1 fully saturated rings. The van der Waals surface area contributed by atoms with E-state index in [4.69, 9.17) is 5.73 Å². The summed E-state index contributed by atoms with van der Waals surface area (Å²) in [6.45, 7) is 0.0711. The Balaban J connectivity index is 2.16. The summed E-state index contributed by atoms with van der Waals surface area (Å²) in [5.41, 5.74) is 5.82. The molecule has 0 radical (unpaired) electrons. The number of anilines is 1. The Labute approximate surface area is 104 Å². The minimum atomic E-state index is -0.531. The fourth-order valence-corrected chi connectivity index (χ4v) is 1.83. The van der Waals surface area contributed by atoms with Crippen molar-refractivity contribution in [3.63, 3.8) is 0 Å². The van der Waals surface area contributed by atoms with Gasteiger partial charge < -0.3 is 15.5 Å². The van der Waals surface area contributed by atoms with E-state index in [1.807, 2.05) is 0 Å². The van der Waals surface area contributed by atoms with Crippen molar-refractivity contribution < 1.29 is 14.0 Å². The topological polar surface area (TPSA) is 66.6 Å². The number of hydrogen-bond donors (Lipinski definition) is 1. The zero-order valence-electron chi connectivity index (χ0n) is 10.0. The number of carbonyl (C=O) groups excluding carboxylic acids is 2. The third-order valence-corrected chi connectivity index (χ3v) is 2.95. The van der Waals surface area contributed by atoms with Crippen LogP contribution in [0, 0.1) is 5.82 Å². The molecule has 0 saturated carbocycles. The largest absolute Gasteiger partial charge is 0.396 e. The van der Waals surface area contributed by atoms with Crippen LogP contribution in [0.1, 0.15) is 5.56 Å². The van der Waals surface area contributed by atoms with Gasteiger partial charge in [0.25, 0.3) is 0 Å². The smallest absolute Gasteiger partial charge is 0.242 e. The van der Waals surface area contributed by atoms with Gasteiger partial charge >= 0.3 is 0 Å². The summed E-state index contributed by atoms with van der Waals surface area (Å²) in [5.74, 6) is -0.880. The Hall–Kier alpha value is -2.11. The van der Waals surface area contributed by atoms with Gasteiger partial charge in [0.05, 0.1) is 12.2 Å². The highest BCUT2D eigenvalue weighted by Crippen LogP contribution is 2.17. The standard InChI is InChI=1S/C12H14FN3O2/c1-15-6-11(18)16(7-10(15)17)5-8-3-2-4-9(14)12(8)13/h2-4H,5-7,14H2,1H3. The zero-order valence-corrected chi connectivity index (χ0v) is 10.0.